The minimum Gasteiger partial charge on any atom is -0.491 e. The zero-order chi connectivity index (χ0) is 13.0. The fourth-order valence-electron chi connectivity index (χ4n) is 1.22. The highest BCUT2D eigenvalue weighted by atomic mass is 19.3. The van der Waals surface area contributed by atoms with Crippen LogP contribution in [0.15, 0.2) is 18.2 Å². The number of rotatable bonds is 5. The van der Waals surface area contributed by atoms with E-state index in [9.17, 15) is 13.6 Å². The van der Waals surface area contributed by atoms with Gasteiger partial charge >= 0.3 is 12.6 Å². The lowest BCUT2D eigenvalue weighted by Crippen LogP contribution is -2.10. The maximum absolute atomic E-state index is 12.1. The van der Waals surface area contributed by atoms with Crippen molar-refractivity contribution in [3.05, 3.63) is 23.8 Å². The Labute approximate surface area is 96.8 Å². The number of carboxylic acids is 1. The van der Waals surface area contributed by atoms with Crippen LogP contribution in [0.2, 0.25) is 0 Å². The number of aromatic carboxylic acids is 1. The second kappa shape index (κ2) is 5.47. The third-order valence-electron chi connectivity index (χ3n) is 1.77. The average molecular weight is 246 g/mol. The Kier molecular flexibility index (Phi) is 4.25. The molecular formula is C11H12F2O4. The van der Waals surface area contributed by atoms with Gasteiger partial charge in [-0.1, -0.05) is 0 Å². The van der Waals surface area contributed by atoms with E-state index in [4.69, 9.17) is 9.84 Å². The topological polar surface area (TPSA) is 55.8 Å². The number of carboxylic acid groups (broad SMARTS) is 1. The molecule has 0 aliphatic heterocycles. The van der Waals surface area contributed by atoms with Crippen molar-refractivity contribution in [2.75, 3.05) is 0 Å². The van der Waals surface area contributed by atoms with Crippen LogP contribution in [0.3, 0.4) is 0 Å². The van der Waals surface area contributed by atoms with Crippen LogP contribution in [0, 0.1) is 0 Å². The normalized spacial score (nSPS) is 10.7. The minimum atomic E-state index is -3.08. The molecule has 1 N–H and O–H groups in total. The van der Waals surface area contributed by atoms with Gasteiger partial charge in [-0.25, -0.2) is 4.79 Å². The average Bonchev–Trinajstić information content (AvgIpc) is 2.15. The summed E-state index contributed by atoms with van der Waals surface area (Å²) in [6.07, 6.45) is -0.148. The molecular weight excluding hydrogens is 234 g/mol. The molecule has 1 aromatic carbocycles. The molecule has 1 rings (SSSR count). The molecule has 0 aromatic heterocycles. The van der Waals surface area contributed by atoms with Crippen LogP contribution < -0.4 is 9.47 Å². The molecule has 0 unspecified atom stereocenters. The van der Waals surface area contributed by atoms with Crippen molar-refractivity contribution in [2.45, 2.75) is 26.6 Å². The van der Waals surface area contributed by atoms with Crippen LogP contribution in [-0.4, -0.2) is 23.8 Å². The molecule has 0 saturated heterocycles. The second-order valence-electron chi connectivity index (χ2n) is 3.51. The smallest absolute Gasteiger partial charge is 0.387 e. The van der Waals surface area contributed by atoms with Crippen LogP contribution >= 0.6 is 0 Å². The van der Waals surface area contributed by atoms with Crippen LogP contribution in [0.1, 0.15) is 24.2 Å². The monoisotopic (exact) mass is 246 g/mol. The van der Waals surface area contributed by atoms with Gasteiger partial charge in [0, 0.05) is 6.07 Å². The Hall–Kier alpha value is -1.85. The van der Waals surface area contributed by atoms with E-state index in [-0.39, 0.29) is 17.4 Å². The first-order valence-corrected chi connectivity index (χ1v) is 4.89. The van der Waals surface area contributed by atoms with Gasteiger partial charge in [-0.2, -0.15) is 8.78 Å². The van der Waals surface area contributed by atoms with Gasteiger partial charge in [-0.05, 0) is 26.0 Å². The maximum atomic E-state index is 12.1. The number of carbonyl (C=O) groups is 1. The summed E-state index contributed by atoms with van der Waals surface area (Å²) in [6.45, 7) is 0.444. The van der Waals surface area contributed by atoms with E-state index in [1.165, 1.54) is 6.07 Å². The van der Waals surface area contributed by atoms with E-state index in [0.29, 0.717) is 0 Å². The standard InChI is InChI=1S/C11H12F2O4/c1-6(2)16-7-3-4-8(10(14)15)9(5-7)17-11(12)13/h3-6,11H,1-2H3,(H,14,15). The number of hydrogen-bond acceptors (Lipinski definition) is 3. The summed E-state index contributed by atoms with van der Waals surface area (Å²) in [5.41, 5.74) is -0.332. The Morgan fingerprint density at radius 3 is 2.41 bits per heavy atom. The summed E-state index contributed by atoms with van der Waals surface area (Å²) in [5.74, 6) is -1.47. The molecule has 0 fully saturated rings. The molecule has 0 amide bonds. The predicted molar refractivity (Wildman–Crippen MR) is 55.8 cm³/mol. The van der Waals surface area contributed by atoms with Gasteiger partial charge in [-0.15, -0.1) is 0 Å². The van der Waals surface area contributed by atoms with E-state index in [1.54, 1.807) is 13.8 Å². The molecule has 0 saturated carbocycles. The summed E-state index contributed by atoms with van der Waals surface area (Å²) in [4.78, 5) is 10.8. The zero-order valence-electron chi connectivity index (χ0n) is 9.31. The third kappa shape index (κ3) is 3.90. The van der Waals surface area contributed by atoms with Crippen molar-refractivity contribution in [1.82, 2.24) is 0 Å². The Morgan fingerprint density at radius 2 is 1.94 bits per heavy atom. The van der Waals surface area contributed by atoms with E-state index in [1.807, 2.05) is 0 Å². The van der Waals surface area contributed by atoms with Gasteiger partial charge in [0.2, 0.25) is 0 Å². The minimum absolute atomic E-state index is 0.148. The number of benzene rings is 1. The quantitative estimate of drug-likeness (QED) is 0.867. The van der Waals surface area contributed by atoms with E-state index >= 15 is 0 Å². The van der Waals surface area contributed by atoms with Crippen molar-refractivity contribution in [3.63, 3.8) is 0 Å². The Balaban J connectivity index is 3.05. The molecule has 0 heterocycles. The molecule has 0 bridgehead atoms. The summed E-state index contributed by atoms with van der Waals surface area (Å²) in [6, 6.07) is 3.69. The van der Waals surface area contributed by atoms with Crippen LogP contribution in [0.5, 0.6) is 11.5 Å². The molecule has 17 heavy (non-hydrogen) atoms. The number of ether oxygens (including phenoxy) is 2. The summed E-state index contributed by atoms with van der Waals surface area (Å²) >= 11 is 0. The molecule has 6 heteroatoms. The summed E-state index contributed by atoms with van der Waals surface area (Å²) in [5, 5.41) is 8.79. The van der Waals surface area contributed by atoms with Crippen molar-refractivity contribution in [2.24, 2.45) is 0 Å². The highest BCUT2D eigenvalue weighted by Gasteiger charge is 2.16. The second-order valence-corrected chi connectivity index (χ2v) is 3.51. The third-order valence-corrected chi connectivity index (χ3v) is 1.77. The van der Waals surface area contributed by atoms with Crippen molar-refractivity contribution in [1.29, 1.82) is 0 Å². The van der Waals surface area contributed by atoms with E-state index < -0.39 is 18.3 Å². The lowest BCUT2D eigenvalue weighted by molar-refractivity contribution is -0.0504. The van der Waals surface area contributed by atoms with Crippen LogP contribution in [0.4, 0.5) is 8.78 Å². The van der Waals surface area contributed by atoms with Gasteiger partial charge in [-0.3, -0.25) is 0 Å². The lowest BCUT2D eigenvalue weighted by Gasteiger charge is -2.13. The van der Waals surface area contributed by atoms with Crippen LogP contribution in [-0.2, 0) is 0 Å². The molecule has 0 radical (unpaired) electrons. The van der Waals surface area contributed by atoms with Gasteiger partial charge in [0.1, 0.15) is 17.1 Å². The number of alkyl halides is 2. The molecule has 94 valence electrons. The highest BCUT2D eigenvalue weighted by molar-refractivity contribution is 5.91. The van der Waals surface area contributed by atoms with Gasteiger partial charge in [0.15, 0.2) is 0 Å². The molecule has 0 aliphatic carbocycles. The fraction of sp³-hybridized carbons (Fsp3) is 0.364. The van der Waals surface area contributed by atoms with Crippen molar-refractivity contribution < 1.29 is 28.2 Å². The first-order chi connectivity index (χ1) is 7.90. The van der Waals surface area contributed by atoms with Gasteiger partial charge < -0.3 is 14.6 Å². The van der Waals surface area contributed by atoms with E-state index in [2.05, 4.69) is 4.74 Å². The lowest BCUT2D eigenvalue weighted by atomic mass is 10.2. The highest BCUT2D eigenvalue weighted by Crippen LogP contribution is 2.27. The van der Waals surface area contributed by atoms with Gasteiger partial charge in [0.05, 0.1) is 6.10 Å². The summed E-state index contributed by atoms with van der Waals surface area (Å²) in [7, 11) is 0. The van der Waals surface area contributed by atoms with Crippen molar-refractivity contribution in [3.8, 4) is 11.5 Å². The Bertz CT molecular complexity index is 404. The SMILES string of the molecule is CC(C)Oc1ccc(C(=O)O)c(OC(F)F)c1. The predicted octanol–water partition coefficient (Wildman–Crippen LogP) is 2.77. The van der Waals surface area contributed by atoms with Crippen molar-refractivity contribution >= 4 is 5.97 Å². The molecule has 0 aliphatic rings. The molecule has 0 spiro atoms. The Morgan fingerprint density at radius 1 is 1.29 bits per heavy atom. The number of halogens is 2. The molecule has 1 aromatic rings. The maximum Gasteiger partial charge on any atom is 0.387 e. The molecule has 4 nitrogen and oxygen atoms in total. The molecule has 0 atom stereocenters. The first kappa shape index (κ1) is 13.2. The number of hydrogen-bond donors (Lipinski definition) is 1. The van der Waals surface area contributed by atoms with Crippen LogP contribution in [0.25, 0.3) is 0 Å². The largest absolute Gasteiger partial charge is 0.491 e. The fourth-order valence-corrected chi connectivity index (χ4v) is 1.22. The van der Waals surface area contributed by atoms with Gasteiger partial charge in [0.25, 0.3) is 0 Å². The summed E-state index contributed by atoms with van der Waals surface area (Å²) < 4.78 is 33.6. The first-order valence-electron chi connectivity index (χ1n) is 4.89. The van der Waals surface area contributed by atoms with E-state index in [0.717, 1.165) is 12.1 Å². The zero-order valence-corrected chi connectivity index (χ0v) is 9.31.